The second kappa shape index (κ2) is 8.85. The van der Waals surface area contributed by atoms with Crippen LogP contribution in [0.4, 0.5) is 0 Å². The zero-order chi connectivity index (χ0) is 17.4. The Morgan fingerprint density at radius 1 is 1.46 bits per heavy atom. The smallest absolute Gasteiger partial charge is 0.303 e. The number of hydrogen-bond donors (Lipinski definition) is 1. The molecule has 0 bridgehead atoms. The number of rotatable bonds is 9. The summed E-state index contributed by atoms with van der Waals surface area (Å²) in [5, 5.41) is 13.1. The number of hydrogen-bond acceptors (Lipinski definition) is 4. The van der Waals surface area contributed by atoms with Gasteiger partial charge in [0.1, 0.15) is 6.61 Å². The van der Waals surface area contributed by atoms with Crippen molar-refractivity contribution in [1.82, 2.24) is 9.55 Å². The second-order valence-corrected chi connectivity index (χ2v) is 7.46. The lowest BCUT2D eigenvalue weighted by Gasteiger charge is -2.35. The van der Waals surface area contributed by atoms with Crippen LogP contribution in [-0.2, 0) is 16.2 Å². The van der Waals surface area contributed by atoms with E-state index in [4.69, 9.17) is 9.94 Å². The van der Waals surface area contributed by atoms with Gasteiger partial charge in [-0.2, -0.15) is 0 Å². The number of oxime groups is 1. The molecule has 24 heavy (non-hydrogen) atoms. The van der Waals surface area contributed by atoms with Crippen LogP contribution in [0.1, 0.15) is 58.8 Å². The van der Waals surface area contributed by atoms with Gasteiger partial charge >= 0.3 is 5.97 Å². The number of aliphatic carboxylic acids is 1. The van der Waals surface area contributed by atoms with Gasteiger partial charge in [0, 0.05) is 24.7 Å². The maximum atomic E-state index is 10.5. The molecule has 0 radical (unpaired) electrons. The highest BCUT2D eigenvalue weighted by atomic mass is 16.6. The van der Waals surface area contributed by atoms with Gasteiger partial charge in [-0.05, 0) is 37.5 Å². The molecule has 0 amide bonds. The Bertz CT molecular complexity index is 538. The fraction of sp³-hybridized carbons (Fsp3) is 0.722. The van der Waals surface area contributed by atoms with Crippen LogP contribution < -0.4 is 0 Å². The number of unbranched alkanes of at least 4 members (excludes halogenated alkanes) is 1. The van der Waals surface area contributed by atoms with Crippen molar-refractivity contribution >= 4 is 11.7 Å². The first-order valence-electron chi connectivity index (χ1n) is 8.82. The van der Waals surface area contributed by atoms with Gasteiger partial charge in [0.2, 0.25) is 0 Å². The third-order valence-corrected chi connectivity index (χ3v) is 4.64. The number of aromatic nitrogens is 2. The van der Waals surface area contributed by atoms with Crippen LogP contribution in [0.25, 0.3) is 0 Å². The quantitative estimate of drug-likeness (QED) is 0.424. The van der Waals surface area contributed by atoms with Gasteiger partial charge in [-0.3, -0.25) is 4.79 Å². The molecule has 1 atom stereocenters. The Morgan fingerprint density at radius 3 is 2.96 bits per heavy atom. The minimum absolute atomic E-state index is 0.186. The third-order valence-electron chi connectivity index (χ3n) is 4.64. The molecule has 1 aliphatic carbocycles. The van der Waals surface area contributed by atoms with Crippen LogP contribution in [0, 0.1) is 11.3 Å². The molecule has 1 aromatic heterocycles. The molecule has 1 saturated carbocycles. The van der Waals surface area contributed by atoms with Gasteiger partial charge in [-0.15, -0.1) is 0 Å². The first-order valence-corrected chi connectivity index (χ1v) is 8.82. The van der Waals surface area contributed by atoms with Crippen molar-refractivity contribution < 1.29 is 14.7 Å². The van der Waals surface area contributed by atoms with E-state index in [2.05, 4.69) is 24.0 Å². The van der Waals surface area contributed by atoms with Crippen molar-refractivity contribution in [2.24, 2.45) is 16.5 Å². The molecular weight excluding hydrogens is 306 g/mol. The first kappa shape index (κ1) is 18.5. The van der Waals surface area contributed by atoms with E-state index in [9.17, 15) is 4.79 Å². The van der Waals surface area contributed by atoms with Gasteiger partial charge < -0.3 is 14.5 Å². The van der Waals surface area contributed by atoms with E-state index in [0.29, 0.717) is 37.3 Å². The summed E-state index contributed by atoms with van der Waals surface area (Å²) in [5.41, 5.74) is 1.42. The molecule has 1 N–H and O–H groups in total. The normalized spacial score (nSPS) is 20.8. The summed E-state index contributed by atoms with van der Waals surface area (Å²) in [6.45, 7) is 5.81. The lowest BCUT2D eigenvalue weighted by molar-refractivity contribution is -0.137. The molecule has 1 fully saturated rings. The Morgan fingerprint density at radius 2 is 2.29 bits per heavy atom. The average molecular weight is 335 g/mol. The SMILES string of the molecule is CC1(C)CCCC(C(Cn2ccnc2)=NOCCCCC(=O)O)C1. The van der Waals surface area contributed by atoms with E-state index < -0.39 is 5.97 Å². The zero-order valence-corrected chi connectivity index (χ0v) is 14.8. The number of carboxylic acid groups (broad SMARTS) is 1. The fourth-order valence-corrected chi connectivity index (χ4v) is 3.35. The van der Waals surface area contributed by atoms with Crippen molar-refractivity contribution in [2.75, 3.05) is 6.61 Å². The van der Waals surface area contributed by atoms with Gasteiger partial charge in [0.25, 0.3) is 0 Å². The van der Waals surface area contributed by atoms with Crippen LogP contribution >= 0.6 is 0 Å². The van der Waals surface area contributed by atoms with E-state index in [1.54, 1.807) is 12.5 Å². The van der Waals surface area contributed by atoms with E-state index in [1.807, 2.05) is 10.8 Å². The van der Waals surface area contributed by atoms with Crippen LogP contribution in [0.5, 0.6) is 0 Å². The minimum atomic E-state index is -0.760. The average Bonchev–Trinajstić information content (AvgIpc) is 3.01. The molecule has 1 heterocycles. The molecule has 0 spiro atoms. The van der Waals surface area contributed by atoms with E-state index >= 15 is 0 Å². The van der Waals surface area contributed by atoms with Crippen molar-refractivity contribution in [3.8, 4) is 0 Å². The van der Waals surface area contributed by atoms with Gasteiger partial charge in [0.15, 0.2) is 0 Å². The summed E-state index contributed by atoms with van der Waals surface area (Å²) in [5.74, 6) is -0.320. The van der Waals surface area contributed by atoms with Crippen LogP contribution in [0.3, 0.4) is 0 Å². The molecule has 6 heteroatoms. The summed E-state index contributed by atoms with van der Waals surface area (Å²) < 4.78 is 2.02. The highest BCUT2D eigenvalue weighted by Crippen LogP contribution is 2.39. The highest BCUT2D eigenvalue weighted by Gasteiger charge is 2.31. The number of nitrogens with zero attached hydrogens (tertiary/aromatic N) is 3. The maximum Gasteiger partial charge on any atom is 0.303 e. The molecular formula is C18H29N3O3. The van der Waals surface area contributed by atoms with E-state index in [1.165, 1.54) is 12.8 Å². The Balaban J connectivity index is 1.92. The summed E-state index contributed by atoms with van der Waals surface area (Å²) in [6, 6.07) is 0. The van der Waals surface area contributed by atoms with Crippen molar-refractivity contribution in [1.29, 1.82) is 0 Å². The lowest BCUT2D eigenvalue weighted by Crippen LogP contribution is -2.30. The van der Waals surface area contributed by atoms with Crippen molar-refractivity contribution in [2.45, 2.75) is 65.3 Å². The van der Waals surface area contributed by atoms with Crippen LogP contribution in [-0.4, -0.2) is 32.9 Å². The molecule has 134 valence electrons. The molecule has 0 saturated heterocycles. The maximum absolute atomic E-state index is 10.5. The first-order chi connectivity index (χ1) is 11.5. The standard InChI is InChI=1S/C18H29N3O3/c1-18(2)8-5-6-15(12-18)16(13-21-10-9-19-14-21)20-24-11-4-3-7-17(22)23/h9-10,14-15H,3-8,11-13H2,1-2H3,(H,22,23). The highest BCUT2D eigenvalue weighted by molar-refractivity contribution is 5.86. The summed E-state index contributed by atoms with van der Waals surface area (Å²) in [7, 11) is 0. The third kappa shape index (κ3) is 6.34. The van der Waals surface area contributed by atoms with Crippen LogP contribution in [0.2, 0.25) is 0 Å². The molecule has 6 nitrogen and oxygen atoms in total. The summed E-state index contributed by atoms with van der Waals surface area (Å²) >= 11 is 0. The predicted molar refractivity (Wildman–Crippen MR) is 92.8 cm³/mol. The van der Waals surface area contributed by atoms with E-state index in [0.717, 1.165) is 18.6 Å². The summed E-state index contributed by atoms with van der Waals surface area (Å²) in [6.07, 6.45) is 11.8. The Kier molecular flexibility index (Phi) is 6.82. The van der Waals surface area contributed by atoms with Gasteiger partial charge in [-0.1, -0.05) is 25.4 Å². The van der Waals surface area contributed by atoms with Gasteiger partial charge in [0.05, 0.1) is 18.6 Å². The van der Waals surface area contributed by atoms with Crippen molar-refractivity contribution in [3.63, 3.8) is 0 Å². The predicted octanol–water partition coefficient (Wildman–Crippen LogP) is 3.73. The molecule has 2 rings (SSSR count). The second-order valence-electron chi connectivity index (χ2n) is 7.46. The topological polar surface area (TPSA) is 76.7 Å². The largest absolute Gasteiger partial charge is 0.481 e. The number of carbonyl (C=O) groups is 1. The molecule has 1 aliphatic rings. The lowest BCUT2D eigenvalue weighted by atomic mass is 9.71. The minimum Gasteiger partial charge on any atom is -0.481 e. The monoisotopic (exact) mass is 335 g/mol. The van der Waals surface area contributed by atoms with Crippen molar-refractivity contribution in [3.05, 3.63) is 18.7 Å². The van der Waals surface area contributed by atoms with Gasteiger partial charge in [-0.25, -0.2) is 4.98 Å². The molecule has 1 aromatic rings. The number of carboxylic acids is 1. The molecule has 1 unspecified atom stereocenters. The zero-order valence-electron chi connectivity index (χ0n) is 14.8. The molecule has 0 aliphatic heterocycles. The fourth-order valence-electron chi connectivity index (χ4n) is 3.35. The summed E-state index contributed by atoms with van der Waals surface area (Å²) in [4.78, 5) is 20.1. The number of imidazole rings is 1. The van der Waals surface area contributed by atoms with E-state index in [-0.39, 0.29) is 6.42 Å². The van der Waals surface area contributed by atoms with Crippen LogP contribution in [0.15, 0.2) is 23.9 Å². The Labute approximate surface area is 143 Å². The Hall–Kier alpha value is -1.85. The molecule has 0 aromatic carbocycles.